The highest BCUT2D eigenvalue weighted by atomic mass is 15.2. The van der Waals surface area contributed by atoms with Gasteiger partial charge in [0.25, 0.3) is 0 Å². The lowest BCUT2D eigenvalue weighted by molar-refractivity contribution is 0.407. The van der Waals surface area contributed by atoms with Crippen molar-refractivity contribution in [2.75, 3.05) is 0 Å². The molecule has 0 aromatic heterocycles. The quantitative estimate of drug-likeness (QED) is 0.603. The largest absolute Gasteiger partial charge is 0.386 e. The van der Waals surface area contributed by atoms with E-state index in [1.54, 1.807) is 0 Å². The molecule has 2 N–H and O–H groups in total. The summed E-state index contributed by atoms with van der Waals surface area (Å²) in [6, 6.07) is 0. The molecule has 2 rings (SSSR count). The van der Waals surface area contributed by atoms with E-state index in [0.29, 0.717) is 5.84 Å². The van der Waals surface area contributed by atoms with Crippen molar-refractivity contribution in [3.8, 4) is 0 Å². The zero-order chi connectivity index (χ0) is 7.68. The molecule has 0 amide bonds. The summed E-state index contributed by atoms with van der Waals surface area (Å²) < 4.78 is 0. The molecule has 0 spiro atoms. The minimum atomic E-state index is 0.688. The highest BCUT2D eigenvalue weighted by molar-refractivity contribution is 5.94. The molecule has 3 nitrogen and oxygen atoms in total. The first-order chi connectivity index (χ1) is 5.36. The van der Waals surface area contributed by atoms with Gasteiger partial charge in [-0.2, -0.15) is 5.10 Å². The molecule has 1 fully saturated rings. The predicted molar refractivity (Wildman–Crippen MR) is 45.6 cm³/mol. The Morgan fingerprint density at radius 2 is 2.00 bits per heavy atom. The summed E-state index contributed by atoms with van der Waals surface area (Å²) in [6.07, 6.45) is 5.95. The summed E-state index contributed by atoms with van der Waals surface area (Å²) in [6.45, 7) is 0. The lowest BCUT2D eigenvalue weighted by Crippen LogP contribution is -2.26. The van der Waals surface area contributed by atoms with Crippen LogP contribution in [0.2, 0.25) is 0 Å². The van der Waals surface area contributed by atoms with Gasteiger partial charge in [0.05, 0.1) is 0 Å². The molecule has 0 radical (unpaired) electrons. The Balaban J connectivity index is 2.03. The van der Waals surface area contributed by atoms with Gasteiger partial charge < -0.3 is 5.73 Å². The Morgan fingerprint density at radius 3 is 2.45 bits per heavy atom. The maximum atomic E-state index is 5.50. The first-order valence-electron chi connectivity index (χ1n) is 4.25. The minimum absolute atomic E-state index is 0.688. The van der Waals surface area contributed by atoms with Crippen LogP contribution in [0, 0.1) is 5.92 Å². The molecule has 11 heavy (non-hydrogen) atoms. The van der Waals surface area contributed by atoms with Crippen LogP contribution in [0.25, 0.3) is 0 Å². The molecule has 0 atom stereocenters. The highest BCUT2D eigenvalue weighted by Gasteiger charge is 2.24. The molecule has 1 aliphatic heterocycles. The van der Waals surface area contributed by atoms with Crippen molar-refractivity contribution in [1.29, 1.82) is 0 Å². The van der Waals surface area contributed by atoms with E-state index in [1.165, 1.54) is 25.0 Å². The summed E-state index contributed by atoms with van der Waals surface area (Å²) in [4.78, 5) is 0. The predicted octanol–water partition coefficient (Wildman–Crippen LogP) is 1.29. The number of hydrogen-bond acceptors (Lipinski definition) is 3. The first kappa shape index (κ1) is 6.83. The lowest BCUT2D eigenvalue weighted by Gasteiger charge is -2.27. The van der Waals surface area contributed by atoms with Gasteiger partial charge in [0, 0.05) is 12.1 Å². The van der Waals surface area contributed by atoms with Crippen LogP contribution >= 0.6 is 0 Å². The molecule has 0 saturated heterocycles. The Bertz CT molecular complexity index is 213. The maximum absolute atomic E-state index is 5.50. The number of nitrogens with two attached hydrogens (primary N) is 1. The number of hydrogen-bond donors (Lipinski definition) is 1. The Hall–Kier alpha value is -0.860. The van der Waals surface area contributed by atoms with Crippen LogP contribution in [0.4, 0.5) is 0 Å². The van der Waals surface area contributed by atoms with E-state index in [4.69, 9.17) is 5.73 Å². The molecule has 60 valence electrons. The van der Waals surface area contributed by atoms with Gasteiger partial charge in [-0.1, -0.05) is 6.42 Å². The van der Waals surface area contributed by atoms with Crippen LogP contribution in [-0.2, 0) is 0 Å². The Labute approximate surface area is 66.4 Å². The van der Waals surface area contributed by atoms with Gasteiger partial charge in [0.1, 0.15) is 5.84 Å². The van der Waals surface area contributed by atoms with E-state index in [9.17, 15) is 0 Å². The average molecular weight is 151 g/mol. The van der Waals surface area contributed by atoms with Crippen molar-refractivity contribution in [3.63, 3.8) is 0 Å². The lowest BCUT2D eigenvalue weighted by atomic mass is 9.80. The van der Waals surface area contributed by atoms with Crippen molar-refractivity contribution in [1.82, 2.24) is 0 Å². The number of amidine groups is 1. The second-order valence-electron chi connectivity index (χ2n) is 3.31. The average Bonchev–Trinajstić information content (AvgIpc) is 1.90. The number of nitrogens with zero attached hydrogens (tertiary/aromatic N) is 2. The fourth-order valence-corrected chi connectivity index (χ4v) is 1.51. The number of rotatable bonds is 1. The van der Waals surface area contributed by atoms with Gasteiger partial charge in [0.15, 0.2) is 0 Å². The monoisotopic (exact) mass is 151 g/mol. The molecule has 1 heterocycles. The Kier molecular flexibility index (Phi) is 1.64. The molecule has 0 aromatic carbocycles. The van der Waals surface area contributed by atoms with E-state index >= 15 is 0 Å². The zero-order valence-electron chi connectivity index (χ0n) is 6.58. The van der Waals surface area contributed by atoms with E-state index < -0.39 is 0 Å². The van der Waals surface area contributed by atoms with Crippen molar-refractivity contribution in [3.05, 3.63) is 0 Å². The second kappa shape index (κ2) is 2.64. The molecule has 1 saturated carbocycles. The van der Waals surface area contributed by atoms with Gasteiger partial charge >= 0.3 is 0 Å². The third-order valence-electron chi connectivity index (χ3n) is 2.52. The minimum Gasteiger partial charge on any atom is -0.386 e. The van der Waals surface area contributed by atoms with Gasteiger partial charge in [0.2, 0.25) is 0 Å². The van der Waals surface area contributed by atoms with Crippen molar-refractivity contribution < 1.29 is 0 Å². The highest BCUT2D eigenvalue weighted by Crippen LogP contribution is 2.30. The fraction of sp³-hybridized carbons (Fsp3) is 0.750. The van der Waals surface area contributed by atoms with Crippen molar-refractivity contribution >= 4 is 11.5 Å². The summed E-state index contributed by atoms with van der Waals surface area (Å²) in [7, 11) is 0. The van der Waals surface area contributed by atoms with Crippen molar-refractivity contribution in [2.45, 2.75) is 32.1 Å². The maximum Gasteiger partial charge on any atom is 0.122 e. The molecule has 3 heteroatoms. The summed E-state index contributed by atoms with van der Waals surface area (Å²) >= 11 is 0. The van der Waals surface area contributed by atoms with E-state index in [1.807, 2.05) is 0 Å². The molecule has 0 bridgehead atoms. The normalized spacial score (nSPS) is 25.5. The second-order valence-corrected chi connectivity index (χ2v) is 3.31. The Morgan fingerprint density at radius 1 is 1.18 bits per heavy atom. The third-order valence-corrected chi connectivity index (χ3v) is 2.52. The zero-order valence-corrected chi connectivity index (χ0v) is 6.58. The topological polar surface area (TPSA) is 50.7 Å². The fourth-order valence-electron chi connectivity index (χ4n) is 1.51. The van der Waals surface area contributed by atoms with Gasteiger partial charge in [-0.15, -0.1) is 5.10 Å². The molecule has 0 unspecified atom stereocenters. The van der Waals surface area contributed by atoms with Gasteiger partial charge in [-0.05, 0) is 25.2 Å². The van der Waals surface area contributed by atoms with Gasteiger partial charge in [-0.25, -0.2) is 0 Å². The van der Waals surface area contributed by atoms with Crippen LogP contribution in [0.1, 0.15) is 32.1 Å². The van der Waals surface area contributed by atoms with Crippen LogP contribution in [0.15, 0.2) is 10.2 Å². The van der Waals surface area contributed by atoms with E-state index in [2.05, 4.69) is 10.2 Å². The van der Waals surface area contributed by atoms with E-state index in [0.717, 1.165) is 18.8 Å². The molecule has 0 aromatic rings. The van der Waals surface area contributed by atoms with Crippen LogP contribution < -0.4 is 5.73 Å². The standard InChI is InChI=1S/C8H13N3/c9-8-5-4-7(10-11-8)6-2-1-3-6/h6H,1-5H2,(H2,9,11). The molecular weight excluding hydrogens is 138 g/mol. The smallest absolute Gasteiger partial charge is 0.122 e. The molecule has 2 aliphatic rings. The van der Waals surface area contributed by atoms with E-state index in [-0.39, 0.29) is 0 Å². The molecule has 1 aliphatic carbocycles. The summed E-state index contributed by atoms with van der Waals surface area (Å²) in [5.74, 6) is 1.43. The summed E-state index contributed by atoms with van der Waals surface area (Å²) in [5, 5.41) is 8.01. The van der Waals surface area contributed by atoms with Gasteiger partial charge in [-0.3, -0.25) is 0 Å². The SMILES string of the molecule is NC1=NN=C(C2CCC2)CC1. The van der Waals surface area contributed by atoms with Crippen molar-refractivity contribution in [2.24, 2.45) is 21.9 Å². The first-order valence-corrected chi connectivity index (χ1v) is 4.25. The van der Waals surface area contributed by atoms with Crippen LogP contribution in [0.5, 0.6) is 0 Å². The van der Waals surface area contributed by atoms with Crippen LogP contribution in [-0.4, -0.2) is 11.5 Å². The molecular formula is C8H13N3. The summed E-state index contributed by atoms with van der Waals surface area (Å²) in [5.41, 5.74) is 6.78. The van der Waals surface area contributed by atoms with Crippen LogP contribution in [0.3, 0.4) is 0 Å². The third kappa shape index (κ3) is 1.27.